The Hall–Kier alpha value is -1.32. The van der Waals surface area contributed by atoms with Crippen LogP contribution in [0.3, 0.4) is 0 Å². The maximum Gasteiger partial charge on any atom is 0.306 e. The molecule has 0 bridgehead atoms. The highest BCUT2D eigenvalue weighted by atomic mass is 16.4. The van der Waals surface area contributed by atoms with E-state index in [-0.39, 0.29) is 12.3 Å². The molecule has 0 aliphatic heterocycles. The predicted molar refractivity (Wildman–Crippen MR) is 89.0 cm³/mol. The lowest BCUT2D eigenvalue weighted by atomic mass is 9.98. The van der Waals surface area contributed by atoms with Crippen molar-refractivity contribution in [2.45, 2.75) is 84.0 Å². The largest absolute Gasteiger partial charge is 0.481 e. The van der Waals surface area contributed by atoms with E-state index >= 15 is 0 Å². The maximum atomic E-state index is 10.9. The van der Waals surface area contributed by atoms with Crippen molar-refractivity contribution in [1.82, 2.24) is 0 Å². The molecule has 1 atom stereocenters. The first-order valence-corrected chi connectivity index (χ1v) is 8.67. The van der Waals surface area contributed by atoms with Gasteiger partial charge in [0, 0.05) is 6.42 Å². The Labute approximate surface area is 134 Å². The molecule has 0 rings (SSSR count). The van der Waals surface area contributed by atoms with Crippen molar-refractivity contribution in [1.29, 1.82) is 0 Å². The van der Waals surface area contributed by atoms with Gasteiger partial charge in [-0.1, -0.05) is 44.8 Å². The van der Waals surface area contributed by atoms with Gasteiger partial charge in [-0.05, 0) is 44.9 Å². The number of carboxylic acids is 2. The first-order chi connectivity index (χ1) is 10.6. The molecule has 0 spiro atoms. The molecule has 0 radical (unpaired) electrons. The summed E-state index contributed by atoms with van der Waals surface area (Å²) in [7, 11) is 0. The Balaban J connectivity index is 3.31. The second-order valence-electron chi connectivity index (χ2n) is 5.90. The highest BCUT2D eigenvalue weighted by Gasteiger charge is 2.13. The van der Waals surface area contributed by atoms with Gasteiger partial charge in [0.05, 0.1) is 5.92 Å². The second kappa shape index (κ2) is 14.6. The van der Waals surface area contributed by atoms with Crippen LogP contribution in [-0.4, -0.2) is 22.2 Å². The first-order valence-electron chi connectivity index (χ1n) is 8.67. The Kier molecular flexibility index (Phi) is 13.7. The standard InChI is InChI=1S/C18H32O4/c1-2-16(18(21)22)14-12-10-8-6-4-3-5-7-9-11-13-15-17(19)20/h3-4,16H,2,5-15H2,1H3,(H,19,20)(H,21,22). The van der Waals surface area contributed by atoms with Gasteiger partial charge < -0.3 is 10.2 Å². The number of rotatable bonds is 15. The monoisotopic (exact) mass is 312 g/mol. The average molecular weight is 312 g/mol. The average Bonchev–Trinajstić information content (AvgIpc) is 2.47. The van der Waals surface area contributed by atoms with Crippen LogP contribution in [0.1, 0.15) is 84.0 Å². The van der Waals surface area contributed by atoms with Gasteiger partial charge in [0.1, 0.15) is 0 Å². The number of hydrogen-bond acceptors (Lipinski definition) is 2. The zero-order valence-corrected chi connectivity index (χ0v) is 13.9. The van der Waals surface area contributed by atoms with Crippen LogP contribution in [0.5, 0.6) is 0 Å². The van der Waals surface area contributed by atoms with Gasteiger partial charge >= 0.3 is 11.9 Å². The molecule has 0 saturated heterocycles. The second-order valence-corrected chi connectivity index (χ2v) is 5.90. The predicted octanol–water partition coefficient (Wildman–Crippen LogP) is 5.03. The molecule has 0 aromatic rings. The molecule has 0 aromatic carbocycles. The van der Waals surface area contributed by atoms with E-state index < -0.39 is 11.9 Å². The number of carbonyl (C=O) groups is 2. The van der Waals surface area contributed by atoms with Gasteiger partial charge in [-0.2, -0.15) is 0 Å². The van der Waals surface area contributed by atoms with Gasteiger partial charge in [0.15, 0.2) is 0 Å². The van der Waals surface area contributed by atoms with E-state index in [1.165, 1.54) is 0 Å². The SMILES string of the molecule is CCC(CCCCCC=CCCCCCCC(=O)O)C(=O)O. The quantitative estimate of drug-likeness (QED) is 0.328. The van der Waals surface area contributed by atoms with Crippen LogP contribution in [-0.2, 0) is 9.59 Å². The number of allylic oxidation sites excluding steroid dienone is 2. The van der Waals surface area contributed by atoms with E-state index in [1.807, 2.05) is 6.92 Å². The third-order valence-corrected chi connectivity index (χ3v) is 3.94. The van der Waals surface area contributed by atoms with Crippen LogP contribution in [0.4, 0.5) is 0 Å². The summed E-state index contributed by atoms with van der Waals surface area (Å²) in [6.07, 6.45) is 15.6. The summed E-state index contributed by atoms with van der Waals surface area (Å²) in [6, 6.07) is 0. The molecule has 4 heteroatoms. The fourth-order valence-corrected chi connectivity index (χ4v) is 2.46. The minimum atomic E-state index is -0.700. The molecule has 0 heterocycles. The Morgan fingerprint density at radius 3 is 1.91 bits per heavy atom. The third-order valence-electron chi connectivity index (χ3n) is 3.94. The fourth-order valence-electron chi connectivity index (χ4n) is 2.46. The Bertz CT molecular complexity index is 323. The molecule has 4 nitrogen and oxygen atoms in total. The van der Waals surface area contributed by atoms with Crippen molar-refractivity contribution in [3.8, 4) is 0 Å². The molecule has 0 aliphatic carbocycles. The minimum absolute atomic E-state index is 0.170. The lowest BCUT2D eigenvalue weighted by molar-refractivity contribution is -0.142. The molecule has 0 saturated carbocycles. The van der Waals surface area contributed by atoms with Crippen molar-refractivity contribution in [2.24, 2.45) is 5.92 Å². The Morgan fingerprint density at radius 2 is 1.41 bits per heavy atom. The normalized spacial score (nSPS) is 12.6. The van der Waals surface area contributed by atoms with Crippen molar-refractivity contribution in [2.75, 3.05) is 0 Å². The highest BCUT2D eigenvalue weighted by molar-refractivity contribution is 5.69. The molecule has 0 aromatic heterocycles. The molecule has 1 unspecified atom stereocenters. The van der Waals surface area contributed by atoms with Crippen LogP contribution in [0.2, 0.25) is 0 Å². The van der Waals surface area contributed by atoms with E-state index in [9.17, 15) is 9.59 Å². The molecule has 22 heavy (non-hydrogen) atoms. The lowest BCUT2D eigenvalue weighted by Crippen LogP contribution is -2.12. The maximum absolute atomic E-state index is 10.9. The summed E-state index contributed by atoms with van der Waals surface area (Å²) in [6.45, 7) is 1.93. The summed E-state index contributed by atoms with van der Waals surface area (Å²) in [5.74, 6) is -1.53. The van der Waals surface area contributed by atoms with Gasteiger partial charge in [-0.15, -0.1) is 0 Å². The van der Waals surface area contributed by atoms with E-state index in [0.29, 0.717) is 0 Å². The fraction of sp³-hybridized carbons (Fsp3) is 0.778. The van der Waals surface area contributed by atoms with Crippen LogP contribution in [0, 0.1) is 5.92 Å². The highest BCUT2D eigenvalue weighted by Crippen LogP contribution is 2.14. The molecule has 0 fully saturated rings. The number of unbranched alkanes of at least 4 members (excludes halogenated alkanes) is 7. The molecule has 0 amide bonds. The number of carboxylic acid groups (broad SMARTS) is 2. The van der Waals surface area contributed by atoms with Crippen molar-refractivity contribution in [3.05, 3.63) is 12.2 Å². The zero-order chi connectivity index (χ0) is 16.6. The van der Waals surface area contributed by atoms with Crippen molar-refractivity contribution >= 4 is 11.9 Å². The smallest absolute Gasteiger partial charge is 0.306 e. The number of aliphatic carboxylic acids is 2. The number of hydrogen-bond donors (Lipinski definition) is 2. The zero-order valence-electron chi connectivity index (χ0n) is 13.9. The van der Waals surface area contributed by atoms with E-state index in [0.717, 1.165) is 70.6 Å². The Morgan fingerprint density at radius 1 is 0.864 bits per heavy atom. The summed E-state index contributed by atoms with van der Waals surface area (Å²) in [5, 5.41) is 17.4. The van der Waals surface area contributed by atoms with E-state index in [1.54, 1.807) is 0 Å². The lowest BCUT2D eigenvalue weighted by Gasteiger charge is -2.08. The first kappa shape index (κ1) is 20.7. The van der Waals surface area contributed by atoms with Gasteiger partial charge in [0.2, 0.25) is 0 Å². The molecular weight excluding hydrogens is 280 g/mol. The van der Waals surface area contributed by atoms with Crippen LogP contribution < -0.4 is 0 Å². The van der Waals surface area contributed by atoms with Gasteiger partial charge in [-0.3, -0.25) is 9.59 Å². The van der Waals surface area contributed by atoms with Gasteiger partial charge in [0.25, 0.3) is 0 Å². The van der Waals surface area contributed by atoms with Crippen molar-refractivity contribution in [3.63, 3.8) is 0 Å². The minimum Gasteiger partial charge on any atom is -0.481 e. The summed E-state index contributed by atoms with van der Waals surface area (Å²) >= 11 is 0. The summed E-state index contributed by atoms with van der Waals surface area (Å²) < 4.78 is 0. The summed E-state index contributed by atoms with van der Waals surface area (Å²) in [5.41, 5.74) is 0. The van der Waals surface area contributed by atoms with E-state index in [4.69, 9.17) is 10.2 Å². The molecule has 128 valence electrons. The van der Waals surface area contributed by atoms with Crippen molar-refractivity contribution < 1.29 is 19.8 Å². The topological polar surface area (TPSA) is 74.6 Å². The van der Waals surface area contributed by atoms with Gasteiger partial charge in [-0.25, -0.2) is 0 Å². The third kappa shape index (κ3) is 13.7. The summed E-state index contributed by atoms with van der Waals surface area (Å²) in [4.78, 5) is 21.2. The van der Waals surface area contributed by atoms with Crippen LogP contribution >= 0.6 is 0 Å². The molecule has 0 aliphatic rings. The van der Waals surface area contributed by atoms with Crippen LogP contribution in [0.25, 0.3) is 0 Å². The molecular formula is C18H32O4. The molecule has 2 N–H and O–H groups in total. The van der Waals surface area contributed by atoms with Crippen LogP contribution in [0.15, 0.2) is 12.2 Å². The van der Waals surface area contributed by atoms with E-state index in [2.05, 4.69) is 12.2 Å².